The highest BCUT2D eigenvalue weighted by atomic mass is 16.3. The van der Waals surface area contributed by atoms with Crippen molar-refractivity contribution >= 4 is 16.8 Å². The van der Waals surface area contributed by atoms with E-state index in [9.17, 15) is 9.90 Å². The molecule has 1 unspecified atom stereocenters. The zero-order valence-corrected chi connectivity index (χ0v) is 9.97. The third-order valence-corrected chi connectivity index (χ3v) is 2.65. The molecular formula is C13H16N2O2. The van der Waals surface area contributed by atoms with Gasteiger partial charge in [0.15, 0.2) is 0 Å². The topological polar surface area (TPSA) is 56.3 Å². The Morgan fingerprint density at radius 2 is 2.18 bits per heavy atom. The van der Waals surface area contributed by atoms with Crippen LogP contribution in [0.4, 0.5) is 0 Å². The van der Waals surface area contributed by atoms with Crippen LogP contribution in [0.15, 0.2) is 30.3 Å². The second-order valence-corrected chi connectivity index (χ2v) is 4.30. The van der Waals surface area contributed by atoms with E-state index in [1.165, 1.54) is 4.90 Å². The Kier molecular flexibility index (Phi) is 3.15. The smallest absolute Gasteiger partial charge is 0.270 e. The minimum Gasteiger partial charge on any atom is -0.392 e. The van der Waals surface area contributed by atoms with E-state index in [1.54, 1.807) is 14.0 Å². The second kappa shape index (κ2) is 4.59. The van der Waals surface area contributed by atoms with Gasteiger partial charge in [0.25, 0.3) is 5.91 Å². The van der Waals surface area contributed by atoms with Crippen LogP contribution in [-0.4, -0.2) is 40.6 Å². The largest absolute Gasteiger partial charge is 0.392 e. The molecule has 4 nitrogen and oxygen atoms in total. The second-order valence-electron chi connectivity index (χ2n) is 4.30. The van der Waals surface area contributed by atoms with Crippen molar-refractivity contribution < 1.29 is 9.90 Å². The lowest BCUT2D eigenvalue weighted by atomic mass is 10.2. The number of hydrogen-bond acceptors (Lipinski definition) is 2. The van der Waals surface area contributed by atoms with Crippen LogP contribution in [0, 0.1) is 0 Å². The van der Waals surface area contributed by atoms with E-state index in [-0.39, 0.29) is 5.91 Å². The predicted octanol–water partition coefficient (Wildman–Crippen LogP) is 1.62. The highest BCUT2D eigenvalue weighted by Gasteiger charge is 2.15. The Balaban J connectivity index is 2.24. The van der Waals surface area contributed by atoms with Gasteiger partial charge in [-0.1, -0.05) is 18.2 Å². The molecule has 1 amide bonds. The van der Waals surface area contributed by atoms with Gasteiger partial charge in [0.1, 0.15) is 5.69 Å². The number of aliphatic hydroxyl groups excluding tert-OH is 1. The van der Waals surface area contributed by atoms with Gasteiger partial charge in [-0.2, -0.15) is 0 Å². The van der Waals surface area contributed by atoms with Crippen molar-refractivity contribution in [3.8, 4) is 0 Å². The Labute approximate surface area is 99.9 Å². The molecule has 1 atom stereocenters. The molecule has 0 saturated heterocycles. The summed E-state index contributed by atoms with van der Waals surface area (Å²) < 4.78 is 0. The molecule has 0 aliphatic carbocycles. The van der Waals surface area contributed by atoms with Crippen molar-refractivity contribution in [2.45, 2.75) is 13.0 Å². The van der Waals surface area contributed by atoms with Crippen LogP contribution < -0.4 is 0 Å². The van der Waals surface area contributed by atoms with Gasteiger partial charge in [0, 0.05) is 24.5 Å². The fourth-order valence-corrected chi connectivity index (χ4v) is 1.87. The number of carbonyl (C=O) groups excluding carboxylic acids is 1. The molecule has 0 aliphatic rings. The molecule has 0 aliphatic heterocycles. The van der Waals surface area contributed by atoms with Crippen LogP contribution in [0.2, 0.25) is 0 Å². The molecular weight excluding hydrogens is 216 g/mol. The van der Waals surface area contributed by atoms with E-state index in [0.29, 0.717) is 12.2 Å². The number of aromatic amines is 1. The highest BCUT2D eigenvalue weighted by Crippen LogP contribution is 2.15. The number of carbonyl (C=O) groups is 1. The first-order valence-corrected chi connectivity index (χ1v) is 5.59. The molecule has 0 spiro atoms. The van der Waals surface area contributed by atoms with Crippen LogP contribution >= 0.6 is 0 Å². The standard InChI is InChI=1S/C13H16N2O2/c1-9(16)8-15(2)13(17)12-7-10-5-3-4-6-11(10)14-12/h3-7,9,14,16H,8H2,1-2H3. The van der Waals surface area contributed by atoms with E-state index in [0.717, 1.165) is 10.9 Å². The summed E-state index contributed by atoms with van der Waals surface area (Å²) in [7, 11) is 1.68. The minimum atomic E-state index is -0.520. The van der Waals surface area contributed by atoms with Gasteiger partial charge in [-0.05, 0) is 19.1 Å². The maximum absolute atomic E-state index is 12.0. The summed E-state index contributed by atoms with van der Waals surface area (Å²) in [5, 5.41) is 10.3. The Bertz CT molecular complexity index is 498. The van der Waals surface area contributed by atoms with Gasteiger partial charge in [0.05, 0.1) is 6.10 Å². The average Bonchev–Trinajstić information content (AvgIpc) is 2.70. The van der Waals surface area contributed by atoms with Crippen LogP contribution in [0.25, 0.3) is 10.9 Å². The lowest BCUT2D eigenvalue weighted by Gasteiger charge is -2.17. The first-order valence-electron chi connectivity index (χ1n) is 5.59. The quantitative estimate of drug-likeness (QED) is 0.845. The number of fused-ring (bicyclic) bond motifs is 1. The van der Waals surface area contributed by atoms with Gasteiger partial charge >= 0.3 is 0 Å². The van der Waals surface area contributed by atoms with Crippen LogP contribution in [0.3, 0.4) is 0 Å². The van der Waals surface area contributed by atoms with Crippen LogP contribution in [0.5, 0.6) is 0 Å². The molecule has 1 aromatic carbocycles. The number of benzene rings is 1. The summed E-state index contributed by atoms with van der Waals surface area (Å²) in [6, 6.07) is 9.57. The molecule has 2 N–H and O–H groups in total. The molecule has 1 heterocycles. The summed E-state index contributed by atoms with van der Waals surface area (Å²) in [6.45, 7) is 1.99. The van der Waals surface area contributed by atoms with E-state index >= 15 is 0 Å². The van der Waals surface area contributed by atoms with Gasteiger partial charge in [-0.15, -0.1) is 0 Å². The van der Waals surface area contributed by atoms with Gasteiger partial charge in [-0.3, -0.25) is 4.79 Å². The number of nitrogens with zero attached hydrogens (tertiary/aromatic N) is 1. The monoisotopic (exact) mass is 232 g/mol. The van der Waals surface area contributed by atoms with Gasteiger partial charge < -0.3 is 15.0 Å². The Morgan fingerprint density at radius 1 is 1.47 bits per heavy atom. The SMILES string of the molecule is CC(O)CN(C)C(=O)c1cc2ccccc2[nH]1. The third kappa shape index (κ3) is 2.47. The molecule has 0 saturated carbocycles. The summed E-state index contributed by atoms with van der Waals surface area (Å²) in [5.41, 5.74) is 1.50. The number of hydrogen-bond donors (Lipinski definition) is 2. The normalized spacial score (nSPS) is 12.6. The molecule has 17 heavy (non-hydrogen) atoms. The maximum Gasteiger partial charge on any atom is 0.270 e. The maximum atomic E-state index is 12.0. The molecule has 90 valence electrons. The zero-order chi connectivity index (χ0) is 12.4. The number of aliphatic hydroxyl groups is 1. The lowest BCUT2D eigenvalue weighted by molar-refractivity contribution is 0.0699. The molecule has 2 rings (SSSR count). The number of H-pyrrole nitrogens is 1. The Morgan fingerprint density at radius 3 is 2.82 bits per heavy atom. The van der Waals surface area contributed by atoms with Crippen molar-refractivity contribution in [1.29, 1.82) is 0 Å². The number of nitrogens with one attached hydrogen (secondary N) is 1. The van der Waals surface area contributed by atoms with Crippen LogP contribution in [-0.2, 0) is 0 Å². The number of para-hydroxylation sites is 1. The average molecular weight is 232 g/mol. The molecule has 0 radical (unpaired) electrons. The van der Waals surface area contributed by atoms with Crippen LogP contribution in [0.1, 0.15) is 17.4 Å². The van der Waals surface area contributed by atoms with Gasteiger partial charge in [-0.25, -0.2) is 0 Å². The number of likely N-dealkylation sites (N-methyl/N-ethyl adjacent to an activating group) is 1. The number of amides is 1. The number of aromatic nitrogens is 1. The van der Waals surface area contributed by atoms with E-state index in [2.05, 4.69) is 4.98 Å². The first-order chi connectivity index (χ1) is 8.08. The molecule has 4 heteroatoms. The zero-order valence-electron chi connectivity index (χ0n) is 9.97. The van der Waals surface area contributed by atoms with Crippen molar-refractivity contribution in [1.82, 2.24) is 9.88 Å². The first kappa shape index (κ1) is 11.7. The van der Waals surface area contributed by atoms with Crippen molar-refractivity contribution in [3.05, 3.63) is 36.0 Å². The summed E-state index contributed by atoms with van der Waals surface area (Å²) >= 11 is 0. The van der Waals surface area contributed by atoms with Crippen molar-refractivity contribution in [2.75, 3.05) is 13.6 Å². The van der Waals surface area contributed by atoms with Crippen molar-refractivity contribution in [2.24, 2.45) is 0 Å². The summed E-state index contributed by atoms with van der Waals surface area (Å²) in [4.78, 5) is 16.6. The molecule has 2 aromatic rings. The molecule has 1 aromatic heterocycles. The van der Waals surface area contributed by atoms with E-state index in [4.69, 9.17) is 0 Å². The number of rotatable bonds is 3. The van der Waals surface area contributed by atoms with Gasteiger partial charge in [0.2, 0.25) is 0 Å². The highest BCUT2D eigenvalue weighted by molar-refractivity contribution is 5.97. The lowest BCUT2D eigenvalue weighted by Crippen LogP contribution is -2.33. The summed E-state index contributed by atoms with van der Waals surface area (Å²) in [5.74, 6) is -0.109. The minimum absolute atomic E-state index is 0.109. The Hall–Kier alpha value is -1.81. The third-order valence-electron chi connectivity index (χ3n) is 2.65. The van der Waals surface area contributed by atoms with Crippen molar-refractivity contribution in [3.63, 3.8) is 0 Å². The van der Waals surface area contributed by atoms with E-state index < -0.39 is 6.10 Å². The summed E-state index contributed by atoms with van der Waals surface area (Å²) in [6.07, 6.45) is -0.520. The predicted molar refractivity (Wildman–Crippen MR) is 66.9 cm³/mol. The fourth-order valence-electron chi connectivity index (χ4n) is 1.87. The molecule has 0 bridgehead atoms. The fraction of sp³-hybridized carbons (Fsp3) is 0.308. The molecule has 0 fully saturated rings. The van der Waals surface area contributed by atoms with E-state index in [1.807, 2.05) is 30.3 Å².